The Hall–Kier alpha value is -2.37. The molecule has 2 aromatic rings. The standard InChI is InChI=1S/C13H14FN3O2/c1-18-10-4-3-9(11(5-10)19-2)7-15-13-6-12(14)16-8-17-13/h3-6,8H,7H2,1-2H3,(H,15,16,17). The predicted molar refractivity (Wildman–Crippen MR) is 68.9 cm³/mol. The minimum atomic E-state index is -0.570. The zero-order chi connectivity index (χ0) is 13.7. The molecule has 1 N–H and O–H groups in total. The summed E-state index contributed by atoms with van der Waals surface area (Å²) in [4.78, 5) is 7.31. The van der Waals surface area contributed by atoms with E-state index in [0.29, 0.717) is 23.9 Å². The number of rotatable bonds is 5. The highest BCUT2D eigenvalue weighted by Crippen LogP contribution is 2.25. The van der Waals surface area contributed by atoms with E-state index < -0.39 is 5.95 Å². The minimum absolute atomic E-state index is 0.422. The third-order valence-electron chi connectivity index (χ3n) is 2.59. The Balaban J connectivity index is 2.11. The maximum atomic E-state index is 12.9. The van der Waals surface area contributed by atoms with Gasteiger partial charge in [0, 0.05) is 24.2 Å². The zero-order valence-electron chi connectivity index (χ0n) is 10.7. The van der Waals surface area contributed by atoms with Gasteiger partial charge in [-0.2, -0.15) is 4.39 Å². The Morgan fingerprint density at radius 2 is 2.00 bits per heavy atom. The molecule has 0 spiro atoms. The van der Waals surface area contributed by atoms with Gasteiger partial charge in [-0.15, -0.1) is 0 Å². The number of halogens is 1. The molecule has 0 radical (unpaired) electrons. The van der Waals surface area contributed by atoms with Crippen LogP contribution < -0.4 is 14.8 Å². The summed E-state index contributed by atoms with van der Waals surface area (Å²) in [5, 5.41) is 3.00. The fourth-order valence-corrected chi connectivity index (χ4v) is 1.61. The molecular formula is C13H14FN3O2. The van der Waals surface area contributed by atoms with E-state index in [1.165, 1.54) is 12.4 Å². The summed E-state index contributed by atoms with van der Waals surface area (Å²) in [6.07, 6.45) is 1.17. The van der Waals surface area contributed by atoms with Crippen molar-refractivity contribution >= 4 is 5.82 Å². The van der Waals surface area contributed by atoms with Crippen molar-refractivity contribution in [3.8, 4) is 11.5 Å². The number of ether oxygens (including phenoxy) is 2. The van der Waals surface area contributed by atoms with Crippen molar-refractivity contribution in [3.63, 3.8) is 0 Å². The van der Waals surface area contributed by atoms with Crippen LogP contribution in [0.1, 0.15) is 5.56 Å². The molecular weight excluding hydrogens is 249 g/mol. The molecule has 0 bridgehead atoms. The summed E-state index contributed by atoms with van der Waals surface area (Å²) in [6.45, 7) is 0.462. The molecule has 1 aromatic heterocycles. The third-order valence-corrected chi connectivity index (χ3v) is 2.59. The van der Waals surface area contributed by atoms with Crippen LogP contribution in [0.4, 0.5) is 10.2 Å². The van der Waals surface area contributed by atoms with E-state index in [-0.39, 0.29) is 0 Å². The highest BCUT2D eigenvalue weighted by Gasteiger charge is 2.05. The first-order chi connectivity index (χ1) is 9.22. The minimum Gasteiger partial charge on any atom is -0.497 e. The molecule has 0 fully saturated rings. The second-order valence-corrected chi connectivity index (χ2v) is 3.76. The highest BCUT2D eigenvalue weighted by atomic mass is 19.1. The average Bonchev–Trinajstić information content (AvgIpc) is 2.45. The lowest BCUT2D eigenvalue weighted by Crippen LogP contribution is -2.04. The summed E-state index contributed by atoms with van der Waals surface area (Å²) in [5.41, 5.74) is 0.919. The topological polar surface area (TPSA) is 56.3 Å². The van der Waals surface area contributed by atoms with E-state index in [2.05, 4.69) is 15.3 Å². The van der Waals surface area contributed by atoms with Crippen molar-refractivity contribution in [3.05, 3.63) is 42.1 Å². The zero-order valence-corrected chi connectivity index (χ0v) is 10.7. The number of aromatic nitrogens is 2. The Labute approximate surface area is 110 Å². The molecule has 5 nitrogen and oxygen atoms in total. The Morgan fingerprint density at radius 1 is 1.16 bits per heavy atom. The van der Waals surface area contributed by atoms with E-state index in [1.807, 2.05) is 12.1 Å². The van der Waals surface area contributed by atoms with Gasteiger partial charge in [0.2, 0.25) is 5.95 Å². The molecule has 0 aliphatic carbocycles. The predicted octanol–water partition coefficient (Wildman–Crippen LogP) is 2.25. The number of nitrogens with zero attached hydrogens (tertiary/aromatic N) is 2. The molecule has 0 aliphatic heterocycles. The molecule has 0 saturated heterocycles. The van der Waals surface area contributed by atoms with Crippen LogP contribution in [0.15, 0.2) is 30.6 Å². The van der Waals surface area contributed by atoms with Gasteiger partial charge < -0.3 is 14.8 Å². The van der Waals surface area contributed by atoms with Crippen LogP contribution in [-0.4, -0.2) is 24.2 Å². The fraction of sp³-hybridized carbons (Fsp3) is 0.231. The fourth-order valence-electron chi connectivity index (χ4n) is 1.61. The molecule has 0 saturated carbocycles. The molecule has 100 valence electrons. The number of hydrogen-bond donors (Lipinski definition) is 1. The second kappa shape index (κ2) is 5.99. The summed E-state index contributed by atoms with van der Waals surface area (Å²) in [7, 11) is 3.18. The smallest absolute Gasteiger partial charge is 0.217 e. The largest absolute Gasteiger partial charge is 0.497 e. The SMILES string of the molecule is COc1ccc(CNc2cc(F)ncn2)c(OC)c1. The van der Waals surface area contributed by atoms with E-state index in [4.69, 9.17) is 9.47 Å². The van der Waals surface area contributed by atoms with Crippen molar-refractivity contribution in [2.75, 3.05) is 19.5 Å². The van der Waals surface area contributed by atoms with E-state index in [0.717, 1.165) is 5.56 Å². The number of nitrogens with one attached hydrogen (secondary N) is 1. The molecule has 19 heavy (non-hydrogen) atoms. The normalized spacial score (nSPS) is 10.1. The number of benzene rings is 1. The first-order valence-electron chi connectivity index (χ1n) is 5.65. The lowest BCUT2D eigenvalue weighted by Gasteiger charge is -2.11. The summed E-state index contributed by atoms with van der Waals surface area (Å²) in [6, 6.07) is 6.73. The van der Waals surface area contributed by atoms with Crippen LogP contribution in [-0.2, 0) is 6.54 Å². The molecule has 1 aromatic carbocycles. The van der Waals surface area contributed by atoms with Gasteiger partial charge in [-0.1, -0.05) is 0 Å². The number of anilines is 1. The molecule has 6 heteroatoms. The quantitative estimate of drug-likeness (QED) is 0.838. The van der Waals surface area contributed by atoms with Gasteiger partial charge in [-0.05, 0) is 12.1 Å². The number of methoxy groups -OCH3 is 2. The summed E-state index contributed by atoms with van der Waals surface area (Å²) in [5.74, 6) is 1.26. The maximum Gasteiger partial charge on any atom is 0.217 e. The lowest BCUT2D eigenvalue weighted by molar-refractivity contribution is 0.391. The molecule has 0 amide bonds. The number of hydrogen-bond acceptors (Lipinski definition) is 5. The van der Waals surface area contributed by atoms with E-state index >= 15 is 0 Å². The molecule has 1 heterocycles. The first-order valence-corrected chi connectivity index (χ1v) is 5.65. The second-order valence-electron chi connectivity index (χ2n) is 3.76. The van der Waals surface area contributed by atoms with Crippen LogP contribution in [0, 0.1) is 5.95 Å². The van der Waals surface area contributed by atoms with Crippen molar-refractivity contribution in [2.45, 2.75) is 6.54 Å². The van der Waals surface area contributed by atoms with E-state index in [9.17, 15) is 4.39 Å². The van der Waals surface area contributed by atoms with Crippen molar-refractivity contribution in [1.29, 1.82) is 0 Å². The Bertz CT molecular complexity index is 563. The van der Waals surface area contributed by atoms with Crippen LogP contribution in [0.5, 0.6) is 11.5 Å². The van der Waals surface area contributed by atoms with Crippen LogP contribution >= 0.6 is 0 Å². The Morgan fingerprint density at radius 3 is 2.68 bits per heavy atom. The van der Waals surface area contributed by atoms with Crippen molar-refractivity contribution < 1.29 is 13.9 Å². The molecule has 2 rings (SSSR count). The summed E-state index contributed by atoms with van der Waals surface area (Å²) >= 11 is 0. The molecule has 0 unspecified atom stereocenters. The highest BCUT2D eigenvalue weighted by molar-refractivity contribution is 5.43. The summed E-state index contributed by atoms with van der Waals surface area (Å²) < 4.78 is 23.3. The molecule has 0 aliphatic rings. The van der Waals surface area contributed by atoms with Gasteiger partial charge in [-0.3, -0.25) is 0 Å². The van der Waals surface area contributed by atoms with E-state index in [1.54, 1.807) is 20.3 Å². The third kappa shape index (κ3) is 3.31. The first kappa shape index (κ1) is 13.1. The van der Waals surface area contributed by atoms with Gasteiger partial charge in [-0.25, -0.2) is 9.97 Å². The monoisotopic (exact) mass is 263 g/mol. The van der Waals surface area contributed by atoms with Gasteiger partial charge in [0.1, 0.15) is 23.6 Å². The van der Waals surface area contributed by atoms with Gasteiger partial charge in [0.25, 0.3) is 0 Å². The van der Waals surface area contributed by atoms with Crippen LogP contribution in [0.2, 0.25) is 0 Å². The van der Waals surface area contributed by atoms with Crippen LogP contribution in [0.3, 0.4) is 0 Å². The van der Waals surface area contributed by atoms with Crippen molar-refractivity contribution in [2.24, 2.45) is 0 Å². The average molecular weight is 263 g/mol. The van der Waals surface area contributed by atoms with Crippen LogP contribution in [0.25, 0.3) is 0 Å². The lowest BCUT2D eigenvalue weighted by atomic mass is 10.2. The van der Waals surface area contributed by atoms with Gasteiger partial charge in [0.15, 0.2) is 0 Å². The van der Waals surface area contributed by atoms with Gasteiger partial charge in [0.05, 0.1) is 14.2 Å². The maximum absolute atomic E-state index is 12.9. The Kier molecular flexibility index (Phi) is 4.12. The van der Waals surface area contributed by atoms with Crippen molar-refractivity contribution in [1.82, 2.24) is 9.97 Å². The molecule has 0 atom stereocenters. The van der Waals surface area contributed by atoms with Gasteiger partial charge >= 0.3 is 0 Å².